The van der Waals surface area contributed by atoms with E-state index in [9.17, 15) is 0 Å². The summed E-state index contributed by atoms with van der Waals surface area (Å²) in [6.45, 7) is 10.6. The molecule has 2 aromatic rings. The lowest BCUT2D eigenvalue weighted by atomic mass is 9.99. The Kier molecular flexibility index (Phi) is 12.6. The molecular weight excluding hydrogens is 533 g/mol. The molecule has 1 fully saturated rings. The summed E-state index contributed by atoms with van der Waals surface area (Å²) in [5.41, 5.74) is 2.12. The molecular formula is C24H38IN5O3. The number of benzene rings is 1. The van der Waals surface area contributed by atoms with E-state index in [0.29, 0.717) is 31.6 Å². The highest BCUT2D eigenvalue weighted by molar-refractivity contribution is 14.0. The van der Waals surface area contributed by atoms with Crippen LogP contribution in [0.2, 0.25) is 0 Å². The van der Waals surface area contributed by atoms with Crippen LogP contribution in [0.1, 0.15) is 49.6 Å². The highest BCUT2D eigenvalue weighted by atomic mass is 127. The van der Waals surface area contributed by atoms with Crippen molar-refractivity contribution in [1.82, 2.24) is 20.7 Å². The normalized spacial score (nSPS) is 14.7. The second-order valence-corrected chi connectivity index (χ2v) is 7.92. The first-order valence-corrected chi connectivity index (χ1v) is 11.6. The van der Waals surface area contributed by atoms with Crippen LogP contribution in [-0.2, 0) is 17.8 Å². The summed E-state index contributed by atoms with van der Waals surface area (Å²) in [5.74, 6) is 2.86. The third kappa shape index (κ3) is 8.78. The van der Waals surface area contributed by atoms with E-state index in [1.807, 2.05) is 24.3 Å². The van der Waals surface area contributed by atoms with Crippen LogP contribution < -0.4 is 15.4 Å². The third-order valence-corrected chi connectivity index (χ3v) is 5.82. The average molecular weight is 572 g/mol. The minimum absolute atomic E-state index is 0. The van der Waals surface area contributed by atoms with E-state index in [-0.39, 0.29) is 24.0 Å². The zero-order valence-corrected chi connectivity index (χ0v) is 22.3. The first kappa shape index (κ1) is 27.4. The number of halogens is 1. The molecule has 9 heteroatoms. The van der Waals surface area contributed by atoms with Crippen molar-refractivity contribution in [2.24, 2.45) is 4.99 Å². The summed E-state index contributed by atoms with van der Waals surface area (Å²) in [6.07, 6.45) is 2.13. The molecule has 0 unspecified atom stereocenters. The fourth-order valence-electron chi connectivity index (χ4n) is 3.78. The number of aliphatic imine (C=N–C) groups is 1. The maximum Gasteiger partial charge on any atom is 0.191 e. The van der Waals surface area contributed by atoms with Crippen LogP contribution in [0.4, 0.5) is 0 Å². The van der Waals surface area contributed by atoms with Crippen LogP contribution in [0.3, 0.4) is 0 Å². The standard InChI is InChI=1S/C24H37N5O3.HI/c1-4-19(5-2)22-16-21(32-28-22)18-27-24(25-3)26-17-20-8-6-7-9-23(20)31-15-12-29-10-13-30-14-11-29;/h6-9,16,19H,4-5,10-15,17-18H2,1-3H3,(H2,25,26,27);1H. The zero-order chi connectivity index (χ0) is 22.6. The van der Waals surface area contributed by atoms with Crippen molar-refractivity contribution in [2.75, 3.05) is 46.5 Å². The van der Waals surface area contributed by atoms with E-state index >= 15 is 0 Å². The highest BCUT2D eigenvalue weighted by Crippen LogP contribution is 2.22. The Morgan fingerprint density at radius 3 is 2.61 bits per heavy atom. The second-order valence-electron chi connectivity index (χ2n) is 7.92. The van der Waals surface area contributed by atoms with Crippen molar-refractivity contribution in [1.29, 1.82) is 0 Å². The van der Waals surface area contributed by atoms with Gasteiger partial charge in [-0.2, -0.15) is 0 Å². The lowest BCUT2D eigenvalue weighted by Gasteiger charge is -2.26. The van der Waals surface area contributed by atoms with Crippen molar-refractivity contribution in [3.63, 3.8) is 0 Å². The maximum atomic E-state index is 6.08. The van der Waals surface area contributed by atoms with E-state index in [1.54, 1.807) is 7.05 Å². The van der Waals surface area contributed by atoms with Gasteiger partial charge in [-0.3, -0.25) is 9.89 Å². The second kappa shape index (κ2) is 15.1. The fourth-order valence-corrected chi connectivity index (χ4v) is 3.78. The van der Waals surface area contributed by atoms with Gasteiger partial charge in [-0.1, -0.05) is 37.2 Å². The molecule has 2 heterocycles. The number of guanidine groups is 1. The van der Waals surface area contributed by atoms with Crippen LogP contribution in [0.25, 0.3) is 0 Å². The number of hydrogen-bond acceptors (Lipinski definition) is 6. The Morgan fingerprint density at radius 2 is 1.88 bits per heavy atom. The number of nitrogens with zero attached hydrogens (tertiary/aromatic N) is 3. The average Bonchev–Trinajstić information content (AvgIpc) is 3.30. The van der Waals surface area contributed by atoms with Gasteiger partial charge in [-0.15, -0.1) is 24.0 Å². The molecule has 1 saturated heterocycles. The van der Waals surface area contributed by atoms with Gasteiger partial charge in [-0.25, -0.2) is 0 Å². The van der Waals surface area contributed by atoms with Crippen molar-refractivity contribution < 1.29 is 14.0 Å². The molecule has 1 aromatic carbocycles. The minimum Gasteiger partial charge on any atom is -0.492 e. The Hall–Kier alpha value is -1.85. The van der Waals surface area contributed by atoms with Crippen LogP contribution >= 0.6 is 24.0 Å². The highest BCUT2D eigenvalue weighted by Gasteiger charge is 2.14. The Balaban J connectivity index is 0.00000385. The van der Waals surface area contributed by atoms with E-state index in [4.69, 9.17) is 14.0 Å². The number of morpholine rings is 1. The predicted octanol–water partition coefficient (Wildman–Crippen LogP) is 3.77. The monoisotopic (exact) mass is 571 g/mol. The molecule has 0 aliphatic carbocycles. The number of aromatic nitrogens is 1. The SMILES string of the molecule is CCC(CC)c1cc(CNC(=NC)NCc2ccccc2OCCN2CCOCC2)on1.I. The summed E-state index contributed by atoms with van der Waals surface area (Å²) in [5, 5.41) is 10.9. The Morgan fingerprint density at radius 1 is 1.15 bits per heavy atom. The smallest absolute Gasteiger partial charge is 0.191 e. The molecule has 0 bridgehead atoms. The Labute approximate surface area is 214 Å². The van der Waals surface area contributed by atoms with Crippen LogP contribution in [-0.4, -0.2) is 62.5 Å². The summed E-state index contributed by atoms with van der Waals surface area (Å²) in [7, 11) is 1.76. The lowest BCUT2D eigenvalue weighted by molar-refractivity contribution is 0.0322. The van der Waals surface area contributed by atoms with Gasteiger partial charge in [0, 0.05) is 50.8 Å². The van der Waals surface area contributed by atoms with Gasteiger partial charge < -0.3 is 24.6 Å². The molecule has 2 N–H and O–H groups in total. The van der Waals surface area contributed by atoms with Crippen LogP contribution in [0.15, 0.2) is 39.8 Å². The minimum atomic E-state index is 0. The molecule has 33 heavy (non-hydrogen) atoms. The molecule has 8 nitrogen and oxygen atoms in total. The molecule has 0 amide bonds. The first-order valence-electron chi connectivity index (χ1n) is 11.6. The zero-order valence-electron chi connectivity index (χ0n) is 20.0. The van der Waals surface area contributed by atoms with Gasteiger partial charge in [0.25, 0.3) is 0 Å². The van der Waals surface area contributed by atoms with Gasteiger partial charge in [0.1, 0.15) is 12.4 Å². The van der Waals surface area contributed by atoms with Gasteiger partial charge in [-0.05, 0) is 18.9 Å². The van der Waals surface area contributed by atoms with Crippen LogP contribution in [0.5, 0.6) is 5.75 Å². The number of ether oxygens (including phenoxy) is 2. The van der Waals surface area contributed by atoms with Crippen molar-refractivity contribution in [2.45, 2.75) is 45.7 Å². The van der Waals surface area contributed by atoms with Crippen molar-refractivity contribution in [3.05, 3.63) is 47.3 Å². The fraction of sp³-hybridized carbons (Fsp3) is 0.583. The van der Waals surface area contributed by atoms with Gasteiger partial charge in [0.05, 0.1) is 25.5 Å². The molecule has 184 valence electrons. The van der Waals surface area contributed by atoms with Gasteiger partial charge in [0.15, 0.2) is 11.7 Å². The van der Waals surface area contributed by atoms with Crippen molar-refractivity contribution in [3.8, 4) is 5.75 Å². The molecule has 1 aliphatic heterocycles. The van der Waals surface area contributed by atoms with E-state index in [2.05, 4.69) is 45.6 Å². The molecule has 1 aliphatic rings. The summed E-state index contributed by atoms with van der Waals surface area (Å²) in [6, 6.07) is 10.1. The molecule has 0 atom stereocenters. The van der Waals surface area contributed by atoms with Gasteiger partial charge >= 0.3 is 0 Å². The number of nitrogens with one attached hydrogen (secondary N) is 2. The molecule has 0 spiro atoms. The van der Waals surface area contributed by atoms with E-state index in [0.717, 1.165) is 68.5 Å². The Bertz CT molecular complexity index is 835. The number of rotatable bonds is 11. The van der Waals surface area contributed by atoms with Crippen LogP contribution in [0, 0.1) is 0 Å². The summed E-state index contributed by atoms with van der Waals surface area (Å²) < 4.78 is 17.0. The topological polar surface area (TPSA) is 84.2 Å². The van der Waals surface area contributed by atoms with Crippen molar-refractivity contribution >= 4 is 29.9 Å². The molecule has 0 saturated carbocycles. The predicted molar refractivity (Wildman–Crippen MR) is 141 cm³/mol. The number of hydrogen-bond donors (Lipinski definition) is 2. The van der Waals surface area contributed by atoms with E-state index < -0.39 is 0 Å². The van der Waals surface area contributed by atoms with E-state index in [1.165, 1.54) is 0 Å². The third-order valence-electron chi connectivity index (χ3n) is 5.82. The molecule has 1 aromatic heterocycles. The maximum absolute atomic E-state index is 6.08. The largest absolute Gasteiger partial charge is 0.492 e. The summed E-state index contributed by atoms with van der Waals surface area (Å²) >= 11 is 0. The summed E-state index contributed by atoms with van der Waals surface area (Å²) in [4.78, 5) is 6.69. The first-order chi connectivity index (χ1) is 15.7. The lowest BCUT2D eigenvalue weighted by Crippen LogP contribution is -2.38. The molecule has 3 rings (SSSR count). The van der Waals surface area contributed by atoms with Gasteiger partial charge in [0.2, 0.25) is 0 Å². The number of para-hydroxylation sites is 1. The quantitative estimate of drug-likeness (QED) is 0.241. The molecule has 0 radical (unpaired) electrons.